The lowest BCUT2D eigenvalue weighted by Crippen LogP contribution is -2.47. The smallest absolute Gasteiger partial charge is 0.230 e. The fraction of sp³-hybridized carbons (Fsp3) is 0.333. The number of rotatable bonds is 8. The molecule has 1 amide bonds. The minimum Gasteiger partial charge on any atom is -0.374 e. The summed E-state index contributed by atoms with van der Waals surface area (Å²) in [5.74, 6) is 0.316. The van der Waals surface area contributed by atoms with Crippen molar-refractivity contribution >= 4 is 17.7 Å². The summed E-state index contributed by atoms with van der Waals surface area (Å²) in [5, 5.41) is 3.83. The molecular weight excluding hydrogens is 408 g/mol. The molecule has 0 saturated carbocycles. The predicted octanol–water partition coefficient (Wildman–Crippen LogP) is 3.29. The van der Waals surface area contributed by atoms with Gasteiger partial charge in [0, 0.05) is 38.6 Å². The van der Waals surface area contributed by atoms with Crippen LogP contribution in [0.5, 0.6) is 0 Å². The molecule has 1 N–H and O–H groups in total. The Morgan fingerprint density at radius 1 is 1.19 bits per heavy atom. The van der Waals surface area contributed by atoms with Gasteiger partial charge < -0.3 is 10.1 Å². The van der Waals surface area contributed by atoms with Crippen molar-refractivity contribution in [3.05, 3.63) is 78.1 Å². The lowest BCUT2D eigenvalue weighted by molar-refractivity contribution is -0.119. The molecule has 0 unspecified atom stereocenters. The molecule has 31 heavy (non-hydrogen) atoms. The van der Waals surface area contributed by atoms with E-state index in [0.717, 1.165) is 30.5 Å². The number of thioether (sulfide) groups is 1. The zero-order valence-electron chi connectivity index (χ0n) is 17.7. The second kappa shape index (κ2) is 10.6. The van der Waals surface area contributed by atoms with Gasteiger partial charge in [0.15, 0.2) is 5.16 Å². The molecule has 2 aromatic carbocycles. The second-order valence-electron chi connectivity index (χ2n) is 7.67. The molecule has 1 aliphatic heterocycles. The van der Waals surface area contributed by atoms with Gasteiger partial charge in [0.25, 0.3) is 0 Å². The zero-order chi connectivity index (χ0) is 21.5. The fourth-order valence-corrected chi connectivity index (χ4v) is 4.51. The summed E-state index contributed by atoms with van der Waals surface area (Å²) < 4.78 is 7.88. The maximum atomic E-state index is 12.4. The van der Waals surface area contributed by atoms with Crippen LogP contribution in [0.4, 0.5) is 0 Å². The van der Waals surface area contributed by atoms with Crippen LogP contribution in [-0.4, -0.2) is 58.5 Å². The number of nitrogens with zero attached hydrogens (tertiary/aromatic N) is 3. The van der Waals surface area contributed by atoms with Crippen LogP contribution in [0.25, 0.3) is 5.69 Å². The van der Waals surface area contributed by atoms with Gasteiger partial charge in [-0.1, -0.05) is 60.3 Å². The number of aromatic nitrogens is 2. The molecule has 4 rings (SSSR count). The molecule has 3 aromatic rings. The van der Waals surface area contributed by atoms with Crippen LogP contribution in [0.2, 0.25) is 0 Å². The van der Waals surface area contributed by atoms with Gasteiger partial charge in [0.2, 0.25) is 5.91 Å². The number of nitrogens with one attached hydrogen (secondary N) is 1. The number of carbonyl (C=O) groups excluding carboxylic acids is 1. The minimum absolute atomic E-state index is 0.00637. The van der Waals surface area contributed by atoms with Gasteiger partial charge in [-0.25, -0.2) is 4.98 Å². The highest BCUT2D eigenvalue weighted by Gasteiger charge is 2.21. The highest BCUT2D eigenvalue weighted by atomic mass is 32.2. The van der Waals surface area contributed by atoms with E-state index >= 15 is 0 Å². The average molecular weight is 437 g/mol. The second-order valence-corrected chi connectivity index (χ2v) is 8.62. The van der Waals surface area contributed by atoms with E-state index in [1.165, 1.54) is 22.9 Å². The maximum Gasteiger partial charge on any atom is 0.230 e. The van der Waals surface area contributed by atoms with Crippen LogP contribution in [-0.2, 0) is 16.1 Å². The Bertz CT molecular complexity index is 992. The van der Waals surface area contributed by atoms with Crippen molar-refractivity contribution in [1.29, 1.82) is 0 Å². The topological polar surface area (TPSA) is 59.4 Å². The number of ether oxygens (including phenoxy) is 1. The number of benzene rings is 2. The van der Waals surface area contributed by atoms with Crippen LogP contribution in [0, 0.1) is 6.92 Å². The van der Waals surface area contributed by atoms with E-state index < -0.39 is 0 Å². The summed E-state index contributed by atoms with van der Waals surface area (Å²) in [7, 11) is 0. The Morgan fingerprint density at radius 2 is 2.00 bits per heavy atom. The largest absolute Gasteiger partial charge is 0.374 e. The molecule has 0 aliphatic carbocycles. The zero-order valence-corrected chi connectivity index (χ0v) is 18.6. The lowest BCUT2D eigenvalue weighted by atomic mass is 10.2. The van der Waals surface area contributed by atoms with Gasteiger partial charge in [0.05, 0.1) is 24.2 Å². The standard InChI is InChI=1S/C24H28N4O2S/c1-19-7-5-6-10-22(19)28-12-11-25-24(28)31-18-23(29)26-15-21-17-27(13-14-30-21)16-20-8-3-2-4-9-20/h2-12,21H,13-18H2,1H3,(H,26,29)/t21-/m0/s1. The lowest BCUT2D eigenvalue weighted by Gasteiger charge is -2.33. The van der Waals surface area contributed by atoms with Crippen LogP contribution < -0.4 is 5.32 Å². The number of hydrogen-bond acceptors (Lipinski definition) is 5. The highest BCUT2D eigenvalue weighted by Crippen LogP contribution is 2.22. The third-order valence-electron chi connectivity index (χ3n) is 5.31. The van der Waals surface area contributed by atoms with Crippen molar-refractivity contribution in [3.63, 3.8) is 0 Å². The molecule has 2 heterocycles. The van der Waals surface area contributed by atoms with Crippen LogP contribution in [0.15, 0.2) is 72.1 Å². The Hall–Kier alpha value is -2.61. The van der Waals surface area contributed by atoms with Crippen molar-refractivity contribution < 1.29 is 9.53 Å². The third-order valence-corrected chi connectivity index (χ3v) is 6.28. The molecule has 1 atom stereocenters. The first-order chi connectivity index (χ1) is 15.2. The first-order valence-electron chi connectivity index (χ1n) is 10.6. The average Bonchev–Trinajstić information content (AvgIpc) is 3.26. The monoisotopic (exact) mass is 436 g/mol. The van der Waals surface area contributed by atoms with Crippen LogP contribution in [0.1, 0.15) is 11.1 Å². The van der Waals surface area contributed by atoms with E-state index in [0.29, 0.717) is 18.9 Å². The SMILES string of the molecule is Cc1ccccc1-n1ccnc1SCC(=O)NC[C@H]1CN(Cc2ccccc2)CCO1. The van der Waals surface area contributed by atoms with Crippen molar-refractivity contribution in [2.75, 3.05) is 32.0 Å². The molecule has 1 aromatic heterocycles. The Morgan fingerprint density at radius 3 is 2.84 bits per heavy atom. The number of carbonyl (C=O) groups is 1. The Labute approximate surface area is 187 Å². The van der Waals surface area contributed by atoms with Crippen molar-refractivity contribution in [2.24, 2.45) is 0 Å². The summed E-state index contributed by atoms with van der Waals surface area (Å²) in [6.45, 7) is 5.93. The van der Waals surface area contributed by atoms with Crippen LogP contribution in [0.3, 0.4) is 0 Å². The summed E-state index contributed by atoms with van der Waals surface area (Å²) >= 11 is 1.44. The molecule has 1 aliphatic rings. The van der Waals surface area contributed by atoms with E-state index in [-0.39, 0.29) is 12.0 Å². The van der Waals surface area contributed by atoms with Crippen molar-refractivity contribution in [1.82, 2.24) is 19.8 Å². The van der Waals surface area contributed by atoms with Gasteiger partial charge in [-0.15, -0.1) is 0 Å². The normalized spacial score (nSPS) is 16.9. The number of aryl methyl sites for hydroxylation is 1. The number of imidazole rings is 1. The summed E-state index contributed by atoms with van der Waals surface area (Å²) in [5.41, 5.74) is 3.55. The third kappa shape index (κ3) is 5.97. The molecule has 0 spiro atoms. The summed E-state index contributed by atoms with van der Waals surface area (Å²) in [6.07, 6.45) is 3.71. The molecule has 0 bridgehead atoms. The van der Waals surface area contributed by atoms with E-state index in [4.69, 9.17) is 4.74 Å². The summed E-state index contributed by atoms with van der Waals surface area (Å²) in [4.78, 5) is 19.2. The molecule has 7 heteroatoms. The molecule has 1 fully saturated rings. The first-order valence-corrected chi connectivity index (χ1v) is 11.5. The van der Waals surface area contributed by atoms with E-state index in [1.807, 2.05) is 29.0 Å². The summed E-state index contributed by atoms with van der Waals surface area (Å²) in [6, 6.07) is 18.6. The number of para-hydroxylation sites is 1. The minimum atomic E-state index is -0.00637. The Balaban J connectivity index is 1.24. The number of morpholine rings is 1. The van der Waals surface area contributed by atoms with Gasteiger partial charge in [0.1, 0.15) is 0 Å². The predicted molar refractivity (Wildman–Crippen MR) is 123 cm³/mol. The number of amides is 1. The molecule has 1 saturated heterocycles. The molecule has 0 radical (unpaired) electrons. The molecule has 162 valence electrons. The van der Waals surface area contributed by atoms with Gasteiger partial charge >= 0.3 is 0 Å². The molecule has 6 nitrogen and oxygen atoms in total. The van der Waals surface area contributed by atoms with Gasteiger partial charge in [-0.3, -0.25) is 14.3 Å². The number of hydrogen-bond donors (Lipinski definition) is 1. The van der Waals surface area contributed by atoms with Crippen LogP contribution >= 0.6 is 11.8 Å². The first kappa shape index (κ1) is 21.6. The van der Waals surface area contributed by atoms with Crippen molar-refractivity contribution in [2.45, 2.75) is 24.7 Å². The van der Waals surface area contributed by atoms with Gasteiger partial charge in [-0.05, 0) is 24.1 Å². The van der Waals surface area contributed by atoms with E-state index in [9.17, 15) is 4.79 Å². The van der Waals surface area contributed by atoms with E-state index in [2.05, 4.69) is 58.5 Å². The molecular formula is C24H28N4O2S. The maximum absolute atomic E-state index is 12.4. The quantitative estimate of drug-likeness (QED) is 0.549. The fourth-order valence-electron chi connectivity index (χ4n) is 3.71. The Kier molecular flexibility index (Phi) is 7.40. The highest BCUT2D eigenvalue weighted by molar-refractivity contribution is 7.99. The van der Waals surface area contributed by atoms with Crippen molar-refractivity contribution in [3.8, 4) is 5.69 Å². The van der Waals surface area contributed by atoms with E-state index in [1.54, 1.807) is 6.20 Å². The van der Waals surface area contributed by atoms with Gasteiger partial charge in [-0.2, -0.15) is 0 Å².